The zero-order valence-electron chi connectivity index (χ0n) is 15.1. The Bertz CT molecular complexity index is 739. The molecule has 1 nitrogen and oxygen atoms in total. The van der Waals surface area contributed by atoms with E-state index < -0.39 is 8.07 Å². The first-order valence-electron chi connectivity index (χ1n) is 8.69. The number of halogens is 1. The molecule has 0 aliphatic heterocycles. The first kappa shape index (κ1) is 17.9. The summed E-state index contributed by atoms with van der Waals surface area (Å²) in [4.78, 5) is 0. The molecule has 0 aromatic heterocycles. The van der Waals surface area contributed by atoms with Gasteiger partial charge in [0, 0.05) is 4.48 Å². The Morgan fingerprint density at radius 2 is 1.88 bits per heavy atom. The van der Waals surface area contributed by atoms with Crippen molar-refractivity contribution in [2.45, 2.75) is 51.9 Å². The van der Waals surface area contributed by atoms with Crippen LogP contribution in [-0.2, 0) is 0 Å². The Balaban J connectivity index is 2.33. The molecule has 1 N–H and O–H groups in total. The minimum atomic E-state index is -1.52. The second-order valence-corrected chi connectivity index (χ2v) is 14.6. The normalized spacial score (nSPS) is 27.5. The van der Waals surface area contributed by atoms with E-state index in [4.69, 9.17) is 0 Å². The summed E-state index contributed by atoms with van der Waals surface area (Å²) in [5.74, 6) is 0. The maximum Gasteiger partial charge on any atom is 0.0733 e. The molecule has 0 bridgehead atoms. The highest BCUT2D eigenvalue weighted by Gasteiger charge is 2.47. The van der Waals surface area contributed by atoms with Crippen molar-refractivity contribution in [1.29, 1.82) is 0 Å². The molecule has 128 valence electrons. The van der Waals surface area contributed by atoms with Crippen molar-refractivity contribution in [3.63, 3.8) is 0 Å². The summed E-state index contributed by atoms with van der Waals surface area (Å²) in [7, 11) is -1.52. The molecular formula is C21H27BrOSi. The van der Waals surface area contributed by atoms with Gasteiger partial charge in [0.25, 0.3) is 0 Å². The Hall–Kier alpha value is -0.903. The maximum atomic E-state index is 10.4. The highest BCUT2D eigenvalue weighted by atomic mass is 79.9. The topological polar surface area (TPSA) is 20.2 Å². The first-order chi connectivity index (χ1) is 11.1. The second kappa shape index (κ2) is 6.12. The number of aliphatic hydroxyl groups excluding tert-OH is 1. The van der Waals surface area contributed by atoms with Crippen LogP contribution in [-0.4, -0.2) is 19.3 Å². The Labute approximate surface area is 155 Å². The van der Waals surface area contributed by atoms with Crippen molar-refractivity contribution < 1.29 is 5.11 Å². The van der Waals surface area contributed by atoms with Gasteiger partial charge in [0.1, 0.15) is 0 Å². The van der Waals surface area contributed by atoms with Crippen LogP contribution in [0.15, 0.2) is 57.7 Å². The van der Waals surface area contributed by atoms with Gasteiger partial charge in [-0.25, -0.2) is 0 Å². The van der Waals surface area contributed by atoms with Crippen LogP contribution >= 0.6 is 15.9 Å². The zero-order valence-corrected chi connectivity index (χ0v) is 17.7. The molecule has 1 aromatic carbocycles. The number of benzene rings is 1. The molecule has 2 aliphatic carbocycles. The third-order valence-electron chi connectivity index (χ3n) is 5.51. The Morgan fingerprint density at radius 1 is 1.25 bits per heavy atom. The van der Waals surface area contributed by atoms with E-state index in [1.54, 1.807) is 5.20 Å². The molecule has 2 atom stereocenters. The highest BCUT2D eigenvalue weighted by molar-refractivity contribution is 9.12. The molecule has 1 fully saturated rings. The third kappa shape index (κ3) is 3.02. The Morgan fingerprint density at radius 3 is 2.42 bits per heavy atom. The summed E-state index contributed by atoms with van der Waals surface area (Å²) >= 11 is 3.70. The maximum absolute atomic E-state index is 10.4. The summed E-state index contributed by atoms with van der Waals surface area (Å²) < 4.78 is 0.951. The van der Waals surface area contributed by atoms with Gasteiger partial charge in [-0.1, -0.05) is 90.2 Å². The predicted molar refractivity (Wildman–Crippen MR) is 110 cm³/mol. The van der Waals surface area contributed by atoms with Gasteiger partial charge < -0.3 is 5.11 Å². The van der Waals surface area contributed by atoms with E-state index in [0.717, 1.165) is 23.7 Å². The summed E-state index contributed by atoms with van der Waals surface area (Å²) in [6.07, 6.45) is 2.47. The highest BCUT2D eigenvalue weighted by Crippen LogP contribution is 2.57. The van der Waals surface area contributed by atoms with Gasteiger partial charge in [0.15, 0.2) is 0 Å². The molecule has 0 spiro atoms. The van der Waals surface area contributed by atoms with Gasteiger partial charge in [-0.05, 0) is 41.4 Å². The quantitative estimate of drug-likeness (QED) is 0.606. The van der Waals surface area contributed by atoms with Crippen LogP contribution in [0.25, 0.3) is 5.57 Å². The van der Waals surface area contributed by atoms with Crippen LogP contribution < -0.4 is 0 Å². The van der Waals surface area contributed by atoms with Crippen LogP contribution in [0.4, 0.5) is 0 Å². The molecule has 0 amide bonds. The number of hydrogen-bond acceptors (Lipinski definition) is 1. The van der Waals surface area contributed by atoms with Crippen LogP contribution in [0.1, 0.15) is 31.7 Å². The molecule has 1 saturated carbocycles. The number of fused-ring (bicyclic) bond motifs is 1. The molecule has 2 aliphatic rings. The van der Waals surface area contributed by atoms with Crippen LogP contribution in [0.2, 0.25) is 19.6 Å². The lowest BCUT2D eigenvalue weighted by atomic mass is 9.72. The fourth-order valence-corrected chi connectivity index (χ4v) is 6.80. The molecule has 0 saturated heterocycles. The third-order valence-corrected chi connectivity index (χ3v) is 8.15. The monoisotopic (exact) mass is 402 g/mol. The molecule has 0 unspecified atom stereocenters. The van der Waals surface area contributed by atoms with E-state index in [1.165, 1.54) is 22.3 Å². The molecule has 0 radical (unpaired) electrons. The SMILES string of the molecule is C=C(Br)C1=C2C[C@@H](O)C[C@@]2(C)CC([Si](C)(C)C)=C1c1ccccc1. The molecule has 24 heavy (non-hydrogen) atoms. The van der Waals surface area contributed by atoms with Crippen molar-refractivity contribution >= 4 is 29.6 Å². The van der Waals surface area contributed by atoms with Gasteiger partial charge in [-0.3, -0.25) is 0 Å². The minimum absolute atomic E-state index is 0.0688. The molecule has 3 heteroatoms. The average Bonchev–Trinajstić information content (AvgIpc) is 2.78. The number of aliphatic hydroxyl groups is 1. The minimum Gasteiger partial charge on any atom is -0.393 e. The van der Waals surface area contributed by atoms with Gasteiger partial charge in [0.05, 0.1) is 14.2 Å². The lowest BCUT2D eigenvalue weighted by molar-refractivity contribution is 0.164. The molecule has 3 rings (SSSR count). The smallest absolute Gasteiger partial charge is 0.0733 e. The summed E-state index contributed by atoms with van der Waals surface area (Å²) in [5, 5.41) is 12.0. The van der Waals surface area contributed by atoms with Crippen LogP contribution in [0.5, 0.6) is 0 Å². The van der Waals surface area contributed by atoms with E-state index >= 15 is 0 Å². The molecular weight excluding hydrogens is 376 g/mol. The zero-order chi connectivity index (χ0) is 17.7. The lowest BCUT2D eigenvalue weighted by Gasteiger charge is -2.40. The van der Waals surface area contributed by atoms with Crippen molar-refractivity contribution in [2.75, 3.05) is 0 Å². The van der Waals surface area contributed by atoms with Gasteiger partial charge in [-0.15, -0.1) is 0 Å². The van der Waals surface area contributed by atoms with E-state index in [0.29, 0.717) is 0 Å². The van der Waals surface area contributed by atoms with E-state index in [9.17, 15) is 5.11 Å². The summed E-state index contributed by atoms with van der Waals surface area (Å²) in [6.45, 7) is 13.9. The fraction of sp³-hybridized carbons (Fsp3) is 0.429. The predicted octanol–water partition coefficient (Wildman–Crippen LogP) is 6.09. The average molecular weight is 403 g/mol. The van der Waals surface area contributed by atoms with E-state index in [-0.39, 0.29) is 11.5 Å². The standard InChI is InChI=1S/C21H27BrOSi/c1-14(22)19-17-11-16(23)12-21(17,2)13-18(24(3,4)5)20(19)15-9-7-6-8-10-15/h6-10,16,23H,1,11-13H2,2-5H3/t16-,21+/m1/s1. The van der Waals surface area contributed by atoms with Crippen LogP contribution in [0.3, 0.4) is 0 Å². The number of hydrogen-bond donors (Lipinski definition) is 1. The number of rotatable bonds is 3. The number of allylic oxidation sites excluding steroid dienone is 4. The van der Waals surface area contributed by atoms with E-state index in [1.807, 2.05) is 0 Å². The Kier molecular flexibility index (Phi) is 4.56. The van der Waals surface area contributed by atoms with Gasteiger partial charge in [-0.2, -0.15) is 0 Å². The molecule has 0 heterocycles. The summed E-state index contributed by atoms with van der Waals surface area (Å²) in [5.41, 5.74) is 5.36. The largest absolute Gasteiger partial charge is 0.393 e. The van der Waals surface area contributed by atoms with Crippen molar-refractivity contribution in [2.24, 2.45) is 5.41 Å². The first-order valence-corrected chi connectivity index (χ1v) is 13.0. The van der Waals surface area contributed by atoms with Crippen molar-refractivity contribution in [3.8, 4) is 0 Å². The van der Waals surface area contributed by atoms with Gasteiger partial charge in [0.2, 0.25) is 0 Å². The van der Waals surface area contributed by atoms with Crippen molar-refractivity contribution in [3.05, 3.63) is 63.3 Å². The summed E-state index contributed by atoms with van der Waals surface area (Å²) in [6, 6.07) is 10.7. The lowest BCUT2D eigenvalue weighted by Crippen LogP contribution is -2.33. The second-order valence-electron chi connectivity index (χ2n) is 8.53. The van der Waals surface area contributed by atoms with Crippen LogP contribution in [0, 0.1) is 5.41 Å². The molecule has 1 aromatic rings. The van der Waals surface area contributed by atoms with Crippen molar-refractivity contribution in [1.82, 2.24) is 0 Å². The fourth-order valence-electron chi connectivity index (χ4n) is 4.42. The van der Waals surface area contributed by atoms with Gasteiger partial charge >= 0.3 is 0 Å². The van der Waals surface area contributed by atoms with E-state index in [2.05, 4.69) is 79.4 Å².